The minimum atomic E-state index is 0.239. The number of hydrogen-bond acceptors (Lipinski definition) is 6. The molecule has 1 aliphatic heterocycles. The van der Waals surface area contributed by atoms with Crippen LogP contribution in [0.4, 0.5) is 0 Å². The van der Waals surface area contributed by atoms with Gasteiger partial charge in [-0.2, -0.15) is 16.3 Å². The minimum absolute atomic E-state index is 0.239. The van der Waals surface area contributed by atoms with Gasteiger partial charge in [0.25, 0.3) is 0 Å². The lowest BCUT2D eigenvalue weighted by Crippen LogP contribution is -2.35. The maximum atomic E-state index is 5.55. The fourth-order valence-corrected chi connectivity index (χ4v) is 5.10. The van der Waals surface area contributed by atoms with Crippen LogP contribution in [0.25, 0.3) is 11.4 Å². The number of thiophene rings is 2. The highest BCUT2D eigenvalue weighted by atomic mass is 32.1. The van der Waals surface area contributed by atoms with Crippen LogP contribution >= 0.6 is 22.7 Å². The van der Waals surface area contributed by atoms with Crippen LogP contribution < -0.4 is 0 Å². The second-order valence-electron chi connectivity index (χ2n) is 6.36. The van der Waals surface area contributed by atoms with Gasteiger partial charge in [0.05, 0.1) is 12.6 Å². The Morgan fingerprint density at radius 1 is 1.12 bits per heavy atom. The molecule has 0 fully saturated rings. The van der Waals surface area contributed by atoms with Crippen molar-refractivity contribution in [3.63, 3.8) is 0 Å². The van der Waals surface area contributed by atoms with Gasteiger partial charge < -0.3 is 4.52 Å². The molecule has 0 radical (unpaired) electrons. The van der Waals surface area contributed by atoms with Gasteiger partial charge in [-0.25, -0.2) is 0 Å². The van der Waals surface area contributed by atoms with Crippen LogP contribution in [0.5, 0.6) is 0 Å². The van der Waals surface area contributed by atoms with Crippen molar-refractivity contribution in [2.45, 2.75) is 19.0 Å². The molecule has 0 unspecified atom stereocenters. The first-order chi connectivity index (χ1) is 12.9. The first kappa shape index (κ1) is 15.9. The third-order valence-electron chi connectivity index (χ3n) is 4.77. The van der Waals surface area contributed by atoms with E-state index >= 15 is 0 Å². The molecule has 4 nitrogen and oxygen atoms in total. The normalized spacial score (nSPS) is 17.3. The summed E-state index contributed by atoms with van der Waals surface area (Å²) in [6.07, 6.45) is 1.07. The van der Waals surface area contributed by atoms with Crippen molar-refractivity contribution in [2.75, 3.05) is 6.54 Å². The summed E-state index contributed by atoms with van der Waals surface area (Å²) in [5.74, 6) is 1.34. The van der Waals surface area contributed by atoms with Crippen LogP contribution in [0.1, 0.15) is 27.9 Å². The van der Waals surface area contributed by atoms with Crippen molar-refractivity contribution < 1.29 is 4.52 Å². The van der Waals surface area contributed by atoms with Crippen LogP contribution in [-0.2, 0) is 13.0 Å². The maximum absolute atomic E-state index is 5.55. The molecule has 1 atom stereocenters. The van der Waals surface area contributed by atoms with Gasteiger partial charge in [0.15, 0.2) is 0 Å². The summed E-state index contributed by atoms with van der Waals surface area (Å²) in [7, 11) is 0. The van der Waals surface area contributed by atoms with Gasteiger partial charge in [0.2, 0.25) is 11.7 Å². The second kappa shape index (κ2) is 6.79. The molecule has 0 bridgehead atoms. The SMILES string of the molecule is c1ccc([C@H]2c3ccsc3CCN2Cc2nc(-c3ccsc3)no2)cc1. The van der Waals surface area contributed by atoms with E-state index in [9.17, 15) is 0 Å². The molecule has 0 aliphatic carbocycles. The van der Waals surface area contributed by atoms with Crippen molar-refractivity contribution in [2.24, 2.45) is 0 Å². The molecular weight excluding hydrogens is 362 g/mol. The number of hydrogen-bond donors (Lipinski definition) is 0. The van der Waals surface area contributed by atoms with Gasteiger partial charge in [-0.15, -0.1) is 11.3 Å². The summed E-state index contributed by atoms with van der Waals surface area (Å²) in [6.45, 7) is 1.65. The van der Waals surface area contributed by atoms with Crippen LogP contribution in [0, 0.1) is 0 Å². The van der Waals surface area contributed by atoms with E-state index in [0.717, 1.165) is 18.5 Å². The molecular formula is C20H17N3OS2. The molecule has 6 heteroatoms. The Labute approximate surface area is 159 Å². The van der Waals surface area contributed by atoms with Crippen LogP contribution in [-0.4, -0.2) is 21.6 Å². The van der Waals surface area contributed by atoms with Gasteiger partial charge in [-0.3, -0.25) is 4.90 Å². The first-order valence-corrected chi connectivity index (χ1v) is 10.4. The molecule has 0 saturated carbocycles. The highest BCUT2D eigenvalue weighted by Crippen LogP contribution is 2.38. The summed E-state index contributed by atoms with van der Waals surface area (Å²) >= 11 is 3.50. The van der Waals surface area contributed by atoms with Crippen molar-refractivity contribution in [3.05, 3.63) is 80.5 Å². The highest BCUT2D eigenvalue weighted by molar-refractivity contribution is 7.10. The molecule has 5 rings (SSSR count). The lowest BCUT2D eigenvalue weighted by Gasteiger charge is -2.35. The molecule has 4 aromatic rings. The van der Waals surface area contributed by atoms with Gasteiger partial charge in [-0.1, -0.05) is 35.5 Å². The van der Waals surface area contributed by atoms with Gasteiger partial charge in [0, 0.05) is 22.4 Å². The van der Waals surface area contributed by atoms with Gasteiger partial charge in [0.1, 0.15) is 0 Å². The molecule has 0 saturated heterocycles. The van der Waals surface area contributed by atoms with Crippen molar-refractivity contribution in [1.82, 2.24) is 15.0 Å². The number of nitrogens with zero attached hydrogens (tertiary/aromatic N) is 3. The van der Waals surface area contributed by atoms with E-state index in [1.807, 2.05) is 28.2 Å². The molecule has 3 aromatic heterocycles. The first-order valence-electron chi connectivity index (χ1n) is 8.59. The second-order valence-corrected chi connectivity index (χ2v) is 8.14. The highest BCUT2D eigenvalue weighted by Gasteiger charge is 2.30. The Morgan fingerprint density at radius 3 is 2.88 bits per heavy atom. The lowest BCUT2D eigenvalue weighted by molar-refractivity contribution is 0.179. The fraction of sp³-hybridized carbons (Fsp3) is 0.200. The Morgan fingerprint density at radius 2 is 2.04 bits per heavy atom. The number of aromatic nitrogens is 2. The third-order valence-corrected chi connectivity index (χ3v) is 6.45. The van der Waals surface area contributed by atoms with Gasteiger partial charge >= 0.3 is 0 Å². The van der Waals surface area contributed by atoms with E-state index in [0.29, 0.717) is 18.3 Å². The molecule has 0 amide bonds. The van der Waals surface area contributed by atoms with Crippen molar-refractivity contribution in [3.8, 4) is 11.4 Å². The molecule has 4 heterocycles. The monoisotopic (exact) mass is 379 g/mol. The third kappa shape index (κ3) is 2.90. The Bertz CT molecular complexity index is 991. The average Bonchev–Trinajstić information content (AvgIpc) is 3.43. The zero-order chi connectivity index (χ0) is 17.3. The average molecular weight is 380 g/mol. The van der Waals surface area contributed by atoms with E-state index in [1.165, 1.54) is 16.0 Å². The summed E-state index contributed by atoms with van der Waals surface area (Å²) < 4.78 is 5.55. The maximum Gasteiger partial charge on any atom is 0.241 e. The van der Waals surface area contributed by atoms with Gasteiger partial charge in [-0.05, 0) is 40.4 Å². The van der Waals surface area contributed by atoms with Crippen LogP contribution in [0.2, 0.25) is 0 Å². The lowest BCUT2D eigenvalue weighted by atomic mass is 9.93. The summed E-state index contributed by atoms with van der Waals surface area (Å²) in [5.41, 5.74) is 3.73. The van der Waals surface area contributed by atoms with Crippen molar-refractivity contribution in [1.29, 1.82) is 0 Å². The van der Waals surface area contributed by atoms with E-state index < -0.39 is 0 Å². The molecule has 1 aromatic carbocycles. The predicted octanol–water partition coefficient (Wildman–Crippen LogP) is 5.01. The standard InChI is InChI=1S/C20H17N3OS2/c1-2-4-14(5-3-1)19-16-8-11-26-17(16)6-9-23(19)12-18-21-20(22-24-18)15-7-10-25-13-15/h1-5,7-8,10-11,13,19H,6,9,12H2/t19-/m0/s1. The molecule has 26 heavy (non-hydrogen) atoms. The number of benzene rings is 1. The molecule has 130 valence electrons. The van der Waals surface area contributed by atoms with E-state index in [4.69, 9.17) is 4.52 Å². The largest absolute Gasteiger partial charge is 0.338 e. The predicted molar refractivity (Wildman–Crippen MR) is 104 cm³/mol. The Hall–Kier alpha value is -2.28. The number of rotatable bonds is 4. The fourth-order valence-electron chi connectivity index (χ4n) is 3.57. The zero-order valence-electron chi connectivity index (χ0n) is 14.0. The molecule has 1 aliphatic rings. The van der Waals surface area contributed by atoms with E-state index in [-0.39, 0.29) is 6.04 Å². The van der Waals surface area contributed by atoms with E-state index in [2.05, 4.69) is 56.8 Å². The van der Waals surface area contributed by atoms with Crippen LogP contribution in [0.3, 0.4) is 0 Å². The van der Waals surface area contributed by atoms with Crippen molar-refractivity contribution >= 4 is 22.7 Å². The van der Waals surface area contributed by atoms with Crippen LogP contribution in [0.15, 0.2) is 63.1 Å². The molecule has 0 N–H and O–H groups in total. The quantitative estimate of drug-likeness (QED) is 0.500. The Balaban J connectivity index is 1.46. The summed E-state index contributed by atoms with van der Waals surface area (Å²) in [6, 6.07) is 15.2. The summed E-state index contributed by atoms with van der Waals surface area (Å²) in [5, 5.41) is 10.4. The topological polar surface area (TPSA) is 42.2 Å². The number of fused-ring (bicyclic) bond motifs is 1. The van der Waals surface area contributed by atoms with E-state index in [1.54, 1.807) is 11.3 Å². The smallest absolute Gasteiger partial charge is 0.241 e. The zero-order valence-corrected chi connectivity index (χ0v) is 15.7. The Kier molecular flexibility index (Phi) is 4.16. The summed E-state index contributed by atoms with van der Waals surface area (Å²) in [4.78, 5) is 8.53. The molecule has 0 spiro atoms. The minimum Gasteiger partial charge on any atom is -0.338 e.